The van der Waals surface area contributed by atoms with E-state index >= 15 is 0 Å². The van der Waals surface area contributed by atoms with Crippen LogP contribution in [0.15, 0.2) is 24.4 Å². The van der Waals surface area contributed by atoms with Crippen molar-refractivity contribution in [3.05, 3.63) is 30.1 Å². The number of nitrogens with zero attached hydrogens (tertiary/aromatic N) is 3. The third-order valence-electron chi connectivity index (χ3n) is 5.51. The SMILES string of the molecule is O=C(c1ccccn1)N1CCC[C@]2(CCCN2S(=O)(=O)C2CC2)C1. The van der Waals surface area contributed by atoms with Crippen LogP contribution in [0.5, 0.6) is 0 Å². The summed E-state index contributed by atoms with van der Waals surface area (Å²) in [6, 6.07) is 5.31. The average molecular weight is 349 g/mol. The number of carbonyl (C=O) groups excluding carboxylic acids is 1. The minimum Gasteiger partial charge on any atom is -0.335 e. The first-order chi connectivity index (χ1) is 11.5. The lowest BCUT2D eigenvalue weighted by Crippen LogP contribution is -2.58. The highest BCUT2D eigenvalue weighted by Crippen LogP contribution is 2.43. The number of amides is 1. The molecule has 1 aliphatic carbocycles. The average Bonchev–Trinajstić information content (AvgIpc) is 3.39. The summed E-state index contributed by atoms with van der Waals surface area (Å²) in [4.78, 5) is 18.7. The van der Waals surface area contributed by atoms with E-state index in [1.54, 1.807) is 33.6 Å². The van der Waals surface area contributed by atoms with Gasteiger partial charge >= 0.3 is 0 Å². The second-order valence-corrected chi connectivity index (χ2v) is 9.33. The maximum atomic E-state index is 12.8. The zero-order chi connectivity index (χ0) is 16.8. The summed E-state index contributed by atoms with van der Waals surface area (Å²) in [5, 5.41) is -0.186. The van der Waals surface area contributed by atoms with Gasteiger partial charge in [0, 0.05) is 25.8 Å². The van der Waals surface area contributed by atoms with E-state index < -0.39 is 15.6 Å². The van der Waals surface area contributed by atoms with E-state index in [0.29, 0.717) is 25.3 Å². The first-order valence-electron chi connectivity index (χ1n) is 8.75. The molecule has 3 heterocycles. The molecular formula is C17H23N3O3S. The second-order valence-electron chi connectivity index (χ2n) is 7.19. The van der Waals surface area contributed by atoms with Crippen LogP contribution in [0.25, 0.3) is 0 Å². The van der Waals surface area contributed by atoms with E-state index in [2.05, 4.69) is 4.98 Å². The van der Waals surface area contributed by atoms with Crippen molar-refractivity contribution in [3.8, 4) is 0 Å². The fourth-order valence-corrected chi connectivity index (χ4v) is 6.46. The van der Waals surface area contributed by atoms with Crippen LogP contribution in [0.3, 0.4) is 0 Å². The van der Waals surface area contributed by atoms with Crippen molar-refractivity contribution in [1.82, 2.24) is 14.2 Å². The zero-order valence-corrected chi connectivity index (χ0v) is 14.5. The molecule has 3 aliphatic rings. The van der Waals surface area contributed by atoms with Crippen LogP contribution in [0.1, 0.15) is 49.0 Å². The molecule has 0 N–H and O–H groups in total. The molecule has 3 fully saturated rings. The highest BCUT2D eigenvalue weighted by molar-refractivity contribution is 7.90. The molecule has 6 nitrogen and oxygen atoms in total. The van der Waals surface area contributed by atoms with Gasteiger partial charge in [0.2, 0.25) is 10.0 Å². The fourth-order valence-electron chi connectivity index (χ4n) is 4.20. The van der Waals surface area contributed by atoms with E-state index in [0.717, 1.165) is 38.5 Å². The smallest absolute Gasteiger partial charge is 0.272 e. The van der Waals surface area contributed by atoms with Gasteiger partial charge in [-0.2, -0.15) is 4.31 Å². The monoisotopic (exact) mass is 349 g/mol. The normalized spacial score (nSPS) is 28.4. The van der Waals surface area contributed by atoms with Crippen LogP contribution in [-0.2, 0) is 10.0 Å². The number of hydrogen-bond donors (Lipinski definition) is 0. The van der Waals surface area contributed by atoms with Crippen LogP contribution in [0, 0.1) is 0 Å². The van der Waals surface area contributed by atoms with E-state index in [-0.39, 0.29) is 11.2 Å². The molecule has 0 radical (unpaired) electrons. The Morgan fingerprint density at radius 2 is 1.92 bits per heavy atom. The Hall–Kier alpha value is -1.47. The van der Waals surface area contributed by atoms with E-state index in [4.69, 9.17) is 0 Å². The highest BCUT2D eigenvalue weighted by atomic mass is 32.2. The lowest BCUT2D eigenvalue weighted by Gasteiger charge is -2.45. The Kier molecular flexibility index (Phi) is 3.88. The minimum atomic E-state index is -3.21. The van der Waals surface area contributed by atoms with E-state index in [1.807, 2.05) is 0 Å². The van der Waals surface area contributed by atoms with Crippen molar-refractivity contribution in [3.63, 3.8) is 0 Å². The van der Waals surface area contributed by atoms with Gasteiger partial charge < -0.3 is 4.90 Å². The summed E-state index contributed by atoms with van der Waals surface area (Å²) in [6.07, 6.45) is 6.62. The number of hydrogen-bond acceptors (Lipinski definition) is 4. The molecule has 1 amide bonds. The zero-order valence-electron chi connectivity index (χ0n) is 13.7. The number of rotatable bonds is 3. The van der Waals surface area contributed by atoms with Crippen LogP contribution in [-0.4, -0.2) is 58.9 Å². The van der Waals surface area contributed by atoms with Crippen molar-refractivity contribution in [2.24, 2.45) is 0 Å². The van der Waals surface area contributed by atoms with Crippen LogP contribution < -0.4 is 0 Å². The Labute approximate surface area is 142 Å². The summed E-state index contributed by atoms with van der Waals surface area (Å²) >= 11 is 0. The third kappa shape index (κ3) is 2.63. The number of pyridine rings is 1. The fraction of sp³-hybridized carbons (Fsp3) is 0.647. The number of likely N-dealkylation sites (tertiary alicyclic amines) is 1. The van der Waals surface area contributed by atoms with Crippen molar-refractivity contribution >= 4 is 15.9 Å². The van der Waals surface area contributed by atoms with Crippen molar-refractivity contribution in [1.29, 1.82) is 0 Å². The van der Waals surface area contributed by atoms with Gasteiger partial charge in [0.1, 0.15) is 5.69 Å². The summed E-state index contributed by atoms with van der Waals surface area (Å²) < 4.78 is 27.4. The minimum absolute atomic E-state index is 0.0923. The van der Waals surface area contributed by atoms with Gasteiger partial charge in [0.05, 0.1) is 10.8 Å². The molecule has 1 aromatic rings. The van der Waals surface area contributed by atoms with Crippen LogP contribution >= 0.6 is 0 Å². The molecule has 7 heteroatoms. The van der Waals surface area contributed by atoms with Gasteiger partial charge in [-0.3, -0.25) is 9.78 Å². The van der Waals surface area contributed by atoms with Gasteiger partial charge in [-0.15, -0.1) is 0 Å². The molecule has 24 heavy (non-hydrogen) atoms. The molecule has 2 aliphatic heterocycles. The lowest BCUT2D eigenvalue weighted by atomic mass is 9.87. The lowest BCUT2D eigenvalue weighted by molar-refractivity contribution is 0.0518. The first-order valence-corrected chi connectivity index (χ1v) is 10.3. The molecule has 1 spiro atoms. The summed E-state index contributed by atoms with van der Waals surface area (Å²) in [5.41, 5.74) is 0.0357. The number of carbonyl (C=O) groups is 1. The number of aromatic nitrogens is 1. The molecule has 0 aromatic carbocycles. The summed E-state index contributed by atoms with van der Waals surface area (Å²) in [5.74, 6) is -0.0923. The second kappa shape index (κ2) is 5.81. The molecule has 1 saturated carbocycles. The van der Waals surface area contributed by atoms with Crippen molar-refractivity contribution in [2.45, 2.75) is 49.3 Å². The number of sulfonamides is 1. The Morgan fingerprint density at radius 1 is 1.17 bits per heavy atom. The van der Waals surface area contributed by atoms with Crippen LogP contribution in [0.4, 0.5) is 0 Å². The molecule has 0 unspecified atom stereocenters. The van der Waals surface area contributed by atoms with E-state index in [1.165, 1.54) is 0 Å². The Morgan fingerprint density at radius 3 is 2.58 bits per heavy atom. The molecule has 1 atom stereocenters. The summed E-state index contributed by atoms with van der Waals surface area (Å²) in [7, 11) is -3.21. The van der Waals surface area contributed by atoms with Gasteiger partial charge in [-0.1, -0.05) is 6.07 Å². The van der Waals surface area contributed by atoms with Crippen LogP contribution in [0.2, 0.25) is 0 Å². The largest absolute Gasteiger partial charge is 0.335 e. The van der Waals surface area contributed by atoms with Gasteiger partial charge in [0.25, 0.3) is 5.91 Å². The summed E-state index contributed by atoms with van der Waals surface area (Å²) in [6.45, 7) is 1.77. The third-order valence-corrected chi connectivity index (χ3v) is 8.01. The molecule has 130 valence electrons. The van der Waals surface area contributed by atoms with Crippen molar-refractivity contribution in [2.75, 3.05) is 19.6 Å². The van der Waals surface area contributed by atoms with Gasteiger partial charge in [-0.05, 0) is 50.7 Å². The maximum absolute atomic E-state index is 12.8. The Bertz CT molecular complexity index is 733. The predicted molar refractivity (Wildman–Crippen MR) is 90.0 cm³/mol. The van der Waals surface area contributed by atoms with E-state index in [9.17, 15) is 13.2 Å². The Balaban J connectivity index is 1.58. The standard InChI is InChI=1S/C17H23N3O3S/c21-16(15-5-1-2-10-18-15)19-11-3-8-17(13-19)9-4-12-20(17)24(22,23)14-6-7-14/h1-2,5,10,14H,3-4,6-9,11-13H2/t17-/m0/s1. The number of piperidine rings is 1. The van der Waals surface area contributed by atoms with Gasteiger partial charge in [-0.25, -0.2) is 8.42 Å². The maximum Gasteiger partial charge on any atom is 0.272 e. The topological polar surface area (TPSA) is 70.6 Å². The molecule has 4 rings (SSSR count). The first kappa shape index (κ1) is 16.0. The molecular weight excluding hydrogens is 326 g/mol. The molecule has 1 aromatic heterocycles. The quantitative estimate of drug-likeness (QED) is 0.832. The molecule has 0 bridgehead atoms. The predicted octanol–water partition coefficient (Wildman–Crippen LogP) is 1.64. The van der Waals surface area contributed by atoms with Crippen molar-refractivity contribution < 1.29 is 13.2 Å². The van der Waals surface area contributed by atoms with Gasteiger partial charge in [0.15, 0.2) is 0 Å². The molecule has 2 saturated heterocycles. The highest BCUT2D eigenvalue weighted by Gasteiger charge is 2.53.